The van der Waals surface area contributed by atoms with Crippen LogP contribution in [0, 0.1) is 94.4 Å². The lowest BCUT2D eigenvalue weighted by atomic mass is 9.86. The van der Waals surface area contributed by atoms with Gasteiger partial charge in [0.2, 0.25) is 22.8 Å². The fraction of sp³-hybridized carbons (Fsp3) is 0.327. The van der Waals surface area contributed by atoms with Gasteiger partial charge in [-0.25, -0.2) is 18.3 Å². The third kappa shape index (κ3) is 18.9. The number of hydrogen-bond acceptors (Lipinski definition) is 0. The van der Waals surface area contributed by atoms with Gasteiger partial charge in [-0.1, -0.05) is 207 Å². The monoisotopic (exact) mass is 1390 g/mol. The Bertz CT molecular complexity index is 5050. The van der Waals surface area contributed by atoms with Gasteiger partial charge in [0.15, 0.2) is 24.8 Å². The Morgan fingerprint density at radius 2 is 0.676 bits per heavy atom. The molecule has 13 rings (SSSR count). The lowest BCUT2D eigenvalue weighted by Gasteiger charge is -2.19. The largest absolute Gasteiger partial charge is 0.212 e. The molecule has 1 aliphatic carbocycles. The van der Waals surface area contributed by atoms with Crippen molar-refractivity contribution in [3.8, 4) is 89.5 Å². The summed E-state index contributed by atoms with van der Waals surface area (Å²) in [5.74, 6) is 1.97. The highest BCUT2D eigenvalue weighted by Gasteiger charge is 2.27. The van der Waals surface area contributed by atoms with Crippen molar-refractivity contribution in [3.63, 3.8) is 0 Å². The van der Waals surface area contributed by atoms with E-state index in [0.717, 1.165) is 18.8 Å². The summed E-state index contributed by atoms with van der Waals surface area (Å²) in [5, 5.41) is 0. The van der Waals surface area contributed by atoms with Gasteiger partial charge in [0, 0.05) is 68.8 Å². The van der Waals surface area contributed by atoms with Gasteiger partial charge in [0.25, 0.3) is 0 Å². The molecule has 4 nitrogen and oxygen atoms in total. The smallest absolute Gasteiger partial charge is 0.201 e. The Balaban J connectivity index is 0.000000150. The highest BCUT2D eigenvalue weighted by atomic mass is 14.9. The first-order chi connectivity index (χ1) is 49.9. The quantitative estimate of drug-likeness (QED) is 0.102. The Kier molecular flexibility index (Phi) is 25.3. The summed E-state index contributed by atoms with van der Waals surface area (Å²) in [4.78, 5) is 0. The molecule has 0 N–H and O–H groups in total. The van der Waals surface area contributed by atoms with Crippen LogP contribution in [-0.4, -0.2) is 0 Å². The molecule has 540 valence electrons. The molecule has 1 saturated carbocycles. The standard InChI is InChI=1S/C26H30N.C26H32N.C25H30N.C24H28N/c1-18-14-19(2)24(16-23(18)21-10-6-5-7-11-21)26-15-20(3)25(17-27(26)4)22-12-8-9-13-22;1-18-14-25(27(7)17-22(18)16-26(4,5)6)24-15-23(19(2)13-20(24)3)21-11-9-8-10-12-21;1-17(2)13-22-16-26(6)25(14-20(22)5)24-15-21(12-11-19(24)4)23-10-8-7-9-18(23)3;1-16(2)23-15-25(6)24(13-19(23)5)22-14-20(12-11-18(22)4)21-10-8-7-9-17(21)3/h5-7,10-11,14-17,22H,8-9,12-13H2,1-4H3;8-15,17H,16H2,1-7H3;7-12,14-17H,13H2,1-6H3;7-16H,1-6H3/q4*+1. The van der Waals surface area contributed by atoms with E-state index < -0.39 is 0 Å². The molecule has 12 aromatic rings. The molecular formula is C101H120N4+4. The zero-order chi connectivity index (χ0) is 75.7. The van der Waals surface area contributed by atoms with Crippen molar-refractivity contribution in [2.75, 3.05) is 0 Å². The average Bonchev–Trinajstić information content (AvgIpc) is 1.47. The Hall–Kier alpha value is -9.64. The molecular weight excluding hydrogens is 1270 g/mol. The summed E-state index contributed by atoms with van der Waals surface area (Å²) in [5.41, 5.74) is 43.1. The normalized spacial score (nSPS) is 12.2. The van der Waals surface area contributed by atoms with Crippen LogP contribution in [0.5, 0.6) is 0 Å². The zero-order valence-electron chi connectivity index (χ0n) is 68.0. The molecule has 0 saturated heterocycles. The van der Waals surface area contributed by atoms with Crippen LogP contribution >= 0.6 is 0 Å². The van der Waals surface area contributed by atoms with E-state index in [1.807, 2.05) is 0 Å². The molecule has 8 aromatic carbocycles. The van der Waals surface area contributed by atoms with Gasteiger partial charge < -0.3 is 0 Å². The average molecular weight is 1390 g/mol. The van der Waals surface area contributed by atoms with Crippen LogP contribution in [0.1, 0.15) is 175 Å². The first-order valence-corrected chi connectivity index (χ1v) is 38.6. The Labute approximate surface area is 633 Å². The summed E-state index contributed by atoms with van der Waals surface area (Å²) in [6.45, 7) is 42.6. The van der Waals surface area contributed by atoms with Gasteiger partial charge >= 0.3 is 0 Å². The molecule has 4 heteroatoms. The molecule has 1 aliphatic rings. The fourth-order valence-corrected chi connectivity index (χ4v) is 15.9. The number of aromatic nitrogens is 4. The van der Waals surface area contributed by atoms with E-state index in [4.69, 9.17) is 0 Å². The van der Waals surface area contributed by atoms with Crippen molar-refractivity contribution in [1.82, 2.24) is 0 Å². The highest BCUT2D eigenvalue weighted by Crippen LogP contribution is 2.39. The fourth-order valence-electron chi connectivity index (χ4n) is 15.9. The van der Waals surface area contributed by atoms with Gasteiger partial charge in [0.05, 0.1) is 0 Å². The predicted octanol–water partition coefficient (Wildman–Crippen LogP) is 24.6. The number of nitrogens with zero attached hydrogens (tertiary/aromatic N) is 4. The first-order valence-electron chi connectivity index (χ1n) is 38.6. The summed E-state index contributed by atoms with van der Waals surface area (Å²) in [6.07, 6.45) is 17.0. The van der Waals surface area contributed by atoms with Gasteiger partial charge in [-0.2, -0.15) is 0 Å². The van der Waals surface area contributed by atoms with Crippen molar-refractivity contribution in [2.45, 2.75) is 182 Å². The topological polar surface area (TPSA) is 15.5 Å². The molecule has 0 atom stereocenters. The lowest BCUT2D eigenvalue weighted by Crippen LogP contribution is -2.32. The van der Waals surface area contributed by atoms with E-state index in [1.54, 1.807) is 5.56 Å². The van der Waals surface area contributed by atoms with Crippen molar-refractivity contribution in [2.24, 2.45) is 39.5 Å². The van der Waals surface area contributed by atoms with E-state index in [1.165, 1.54) is 199 Å². The second-order valence-electron chi connectivity index (χ2n) is 32.6. The van der Waals surface area contributed by atoms with E-state index in [-0.39, 0.29) is 0 Å². The molecule has 4 aromatic heterocycles. The third-order valence-electron chi connectivity index (χ3n) is 21.8. The van der Waals surface area contributed by atoms with Crippen LogP contribution in [0.4, 0.5) is 0 Å². The summed E-state index contributed by atoms with van der Waals surface area (Å²) in [6, 6.07) is 71.1. The van der Waals surface area contributed by atoms with E-state index in [0.29, 0.717) is 17.3 Å². The summed E-state index contributed by atoms with van der Waals surface area (Å²) >= 11 is 0. The third-order valence-corrected chi connectivity index (χ3v) is 21.8. The molecule has 4 heterocycles. The Morgan fingerprint density at radius 1 is 0.314 bits per heavy atom. The minimum absolute atomic E-state index is 0.291. The number of rotatable bonds is 13. The van der Waals surface area contributed by atoms with Crippen LogP contribution in [0.3, 0.4) is 0 Å². The Morgan fingerprint density at radius 3 is 1.10 bits per heavy atom. The van der Waals surface area contributed by atoms with Crippen LogP contribution < -0.4 is 18.3 Å². The molecule has 0 radical (unpaired) electrons. The van der Waals surface area contributed by atoms with Crippen molar-refractivity contribution in [1.29, 1.82) is 0 Å². The first kappa shape index (κ1) is 78.0. The van der Waals surface area contributed by atoms with Crippen LogP contribution in [0.2, 0.25) is 0 Å². The lowest BCUT2D eigenvalue weighted by molar-refractivity contribution is -0.661. The molecule has 0 amide bonds. The van der Waals surface area contributed by atoms with Gasteiger partial charge in [-0.3, -0.25) is 0 Å². The van der Waals surface area contributed by atoms with Crippen molar-refractivity contribution in [3.05, 3.63) is 308 Å². The predicted molar refractivity (Wildman–Crippen MR) is 448 cm³/mol. The number of aryl methyl sites for hydroxylation is 16. The minimum atomic E-state index is 0.291. The van der Waals surface area contributed by atoms with Crippen LogP contribution in [0.15, 0.2) is 219 Å². The van der Waals surface area contributed by atoms with E-state index >= 15 is 0 Å². The minimum Gasteiger partial charge on any atom is -0.201 e. The maximum absolute atomic E-state index is 2.40. The highest BCUT2D eigenvalue weighted by molar-refractivity contribution is 5.79. The zero-order valence-corrected chi connectivity index (χ0v) is 68.0. The van der Waals surface area contributed by atoms with E-state index in [2.05, 4.69) is 397 Å². The molecule has 0 unspecified atom stereocenters. The van der Waals surface area contributed by atoms with Gasteiger partial charge in [-0.05, 0) is 267 Å². The maximum atomic E-state index is 2.40. The van der Waals surface area contributed by atoms with Crippen LogP contribution in [-0.2, 0) is 41.0 Å². The van der Waals surface area contributed by atoms with E-state index in [9.17, 15) is 0 Å². The second kappa shape index (κ2) is 34.1. The van der Waals surface area contributed by atoms with Crippen molar-refractivity contribution >= 4 is 0 Å². The summed E-state index contributed by atoms with van der Waals surface area (Å²) in [7, 11) is 8.69. The maximum Gasteiger partial charge on any atom is 0.212 e. The van der Waals surface area contributed by atoms with Gasteiger partial charge in [-0.15, -0.1) is 0 Å². The molecule has 0 aliphatic heterocycles. The number of pyridine rings is 4. The summed E-state index contributed by atoms with van der Waals surface area (Å²) < 4.78 is 9.19. The second-order valence-corrected chi connectivity index (χ2v) is 32.6. The van der Waals surface area contributed by atoms with Crippen molar-refractivity contribution < 1.29 is 18.3 Å². The molecule has 0 bridgehead atoms. The molecule has 0 spiro atoms. The number of benzene rings is 8. The SMILES string of the molecule is Cc1cc(-c2cc(-c3ccccc3)c(C)cc2C)[n+](C)cc1CC(C)(C)C.Cc1cc(-c2cc(-c3ccccc3C)ccc2C)[n+](C)cc1CC(C)C.Cc1cc(C)c(-c2cc(C)c(C3CCCC3)c[n+]2C)cc1-c1ccccc1.Cc1ccccc1-c1ccc(C)c(-c2cc(C)c(C(C)C)c[n+]2C)c1. The van der Waals surface area contributed by atoms with Crippen LogP contribution in [0.25, 0.3) is 89.5 Å². The number of hydrogen-bond donors (Lipinski definition) is 0. The molecule has 1 fully saturated rings. The molecule has 105 heavy (non-hydrogen) atoms. The van der Waals surface area contributed by atoms with Gasteiger partial charge in [0.1, 0.15) is 28.2 Å².